The minimum absolute atomic E-state index is 0. The molecular weight excluding hydrogens is 690 g/mol. The van der Waals surface area contributed by atoms with Crippen LogP contribution in [0.3, 0.4) is 0 Å². The summed E-state index contributed by atoms with van der Waals surface area (Å²) in [6.45, 7) is 28.0. The van der Waals surface area contributed by atoms with Crippen LogP contribution in [-0.4, -0.2) is 3.71 Å². The standard InChI is InChI=1S/C29H41.C7H5Cl.C5H5.2ClH.Zr/c1-26(2,3)22-14-18-13-19-15-23(27(4,5)6)25(29(10,11)12)17-21(19)20(18)16-24(22)28(7,8)9;1-6-2-4-7(8)5-3-6;1-2-4-5-3-1;;;/h14,16-17H,13H2,1-12H3;1-5H;1-5H;2*1H;/q-1;;-1;;;+2/p-2. The maximum atomic E-state index is 5.66. The molecule has 0 spiro atoms. The number of benzene rings is 3. The van der Waals surface area contributed by atoms with Gasteiger partial charge < -0.3 is 24.8 Å². The van der Waals surface area contributed by atoms with Crippen LogP contribution in [0.5, 0.6) is 0 Å². The maximum absolute atomic E-state index is 5.66. The molecule has 0 atom stereocenters. The second-order valence-corrected chi connectivity index (χ2v) is 17.0. The minimum atomic E-state index is 0. The third-order valence-electron chi connectivity index (χ3n) is 7.83. The Balaban J connectivity index is 0.000000520. The van der Waals surface area contributed by atoms with Gasteiger partial charge in [-0.2, -0.15) is 35.9 Å². The minimum Gasteiger partial charge on any atom is -1.00 e. The maximum Gasteiger partial charge on any atom is -0.172 e. The molecule has 0 nitrogen and oxygen atoms in total. The Kier molecular flexibility index (Phi) is 15.0. The molecule has 0 saturated carbocycles. The van der Waals surface area contributed by atoms with E-state index >= 15 is 0 Å². The molecule has 1 aliphatic carbocycles. The van der Waals surface area contributed by atoms with Crippen LogP contribution < -0.4 is 24.8 Å². The van der Waals surface area contributed by atoms with E-state index in [4.69, 9.17) is 11.6 Å². The molecule has 1 aliphatic rings. The third-order valence-corrected chi connectivity index (χ3v) is 8.90. The number of hydrogen-bond donors (Lipinski definition) is 0. The number of fused-ring (bicyclic) bond motifs is 3. The van der Waals surface area contributed by atoms with Crippen LogP contribution in [0, 0.1) is 6.07 Å². The van der Waals surface area contributed by atoms with Gasteiger partial charge in [0, 0.05) is 0 Å². The quantitative estimate of drug-likeness (QED) is 0.194. The number of rotatable bonds is 1. The van der Waals surface area contributed by atoms with Gasteiger partial charge in [0.1, 0.15) is 0 Å². The molecule has 0 heterocycles. The molecule has 0 N–H and O–H groups in total. The van der Waals surface area contributed by atoms with Crippen molar-refractivity contribution in [3.63, 3.8) is 0 Å². The van der Waals surface area contributed by atoms with E-state index in [0.717, 1.165) is 11.4 Å². The summed E-state index contributed by atoms with van der Waals surface area (Å²) in [4.78, 5) is 0. The van der Waals surface area contributed by atoms with Crippen molar-refractivity contribution in [1.82, 2.24) is 0 Å². The fourth-order valence-corrected chi connectivity index (χ4v) is 6.10. The Hall–Kier alpha value is -1.37. The van der Waals surface area contributed by atoms with Crippen LogP contribution in [0.1, 0.15) is 122 Å². The molecule has 0 amide bonds. The molecule has 4 aromatic carbocycles. The molecule has 242 valence electrons. The van der Waals surface area contributed by atoms with Crippen molar-refractivity contribution in [3.8, 4) is 11.1 Å². The van der Waals surface area contributed by atoms with Crippen LogP contribution in [0.25, 0.3) is 11.1 Å². The van der Waals surface area contributed by atoms with E-state index in [1.165, 1.54) is 74.3 Å². The summed E-state index contributed by atoms with van der Waals surface area (Å²) in [7, 11) is 0. The summed E-state index contributed by atoms with van der Waals surface area (Å²) in [5.41, 5.74) is 13.2. The molecule has 0 aromatic heterocycles. The van der Waals surface area contributed by atoms with Gasteiger partial charge in [-0.25, -0.2) is 12.1 Å². The van der Waals surface area contributed by atoms with Gasteiger partial charge >= 0.3 is 74.4 Å². The van der Waals surface area contributed by atoms with Gasteiger partial charge in [-0.05, 0) is 39.4 Å². The van der Waals surface area contributed by atoms with Crippen molar-refractivity contribution in [2.24, 2.45) is 0 Å². The summed E-state index contributed by atoms with van der Waals surface area (Å²) < 4.78 is 2.13. The molecule has 0 fully saturated rings. The zero-order valence-corrected chi connectivity index (χ0v) is 34.1. The average Bonchev–Trinajstić information content (AvgIpc) is 3.57. The van der Waals surface area contributed by atoms with E-state index in [2.05, 4.69) is 111 Å². The van der Waals surface area contributed by atoms with Gasteiger partial charge in [0.25, 0.3) is 0 Å². The Bertz CT molecular complexity index is 1420. The molecule has 0 unspecified atom stereocenters. The molecular formula is C41H51Cl3Zr-2. The largest absolute Gasteiger partial charge is 1.00 e. The van der Waals surface area contributed by atoms with Crippen LogP contribution in [0.4, 0.5) is 0 Å². The Morgan fingerprint density at radius 3 is 1.53 bits per heavy atom. The molecule has 0 radical (unpaired) electrons. The van der Waals surface area contributed by atoms with Crippen molar-refractivity contribution < 1.29 is 49.0 Å². The molecule has 0 saturated heterocycles. The van der Waals surface area contributed by atoms with Gasteiger partial charge in [-0.15, -0.1) is 16.7 Å². The topological polar surface area (TPSA) is 0 Å². The first-order valence-corrected chi connectivity index (χ1v) is 17.2. The second kappa shape index (κ2) is 16.2. The van der Waals surface area contributed by atoms with Gasteiger partial charge in [-0.3, -0.25) is 0 Å². The Morgan fingerprint density at radius 1 is 0.667 bits per heavy atom. The Morgan fingerprint density at radius 2 is 1.13 bits per heavy atom. The zero-order chi connectivity index (χ0) is 32.4. The predicted octanol–water partition coefficient (Wildman–Crippen LogP) is 5.70. The molecule has 5 rings (SSSR count). The van der Waals surface area contributed by atoms with E-state index in [0.29, 0.717) is 0 Å². The molecule has 4 heteroatoms. The van der Waals surface area contributed by atoms with E-state index < -0.39 is 0 Å². The fraction of sp³-hybridized carbons (Fsp3) is 0.415. The summed E-state index contributed by atoms with van der Waals surface area (Å²) >= 11 is 7.08. The summed E-state index contributed by atoms with van der Waals surface area (Å²) in [5.74, 6) is 0. The van der Waals surface area contributed by atoms with E-state index in [1.807, 2.05) is 54.6 Å². The smallest absolute Gasteiger partial charge is 0.172 e. The van der Waals surface area contributed by atoms with Gasteiger partial charge in [-0.1, -0.05) is 106 Å². The first kappa shape index (κ1) is 41.7. The molecule has 4 aromatic rings. The van der Waals surface area contributed by atoms with Crippen LogP contribution in [0.15, 0.2) is 72.8 Å². The monoisotopic (exact) mass is 738 g/mol. The second-order valence-electron chi connectivity index (χ2n) is 15.8. The van der Waals surface area contributed by atoms with Crippen LogP contribution >= 0.6 is 11.6 Å². The van der Waals surface area contributed by atoms with Crippen LogP contribution in [0.2, 0.25) is 5.02 Å². The van der Waals surface area contributed by atoms with Crippen molar-refractivity contribution in [2.75, 3.05) is 0 Å². The van der Waals surface area contributed by atoms with E-state index in [-0.39, 0.29) is 46.5 Å². The molecule has 45 heavy (non-hydrogen) atoms. The van der Waals surface area contributed by atoms with Gasteiger partial charge in [0.05, 0.1) is 0 Å². The van der Waals surface area contributed by atoms with Crippen LogP contribution in [-0.2, 0) is 52.3 Å². The normalized spacial score (nSPS) is 12.2. The molecule has 0 bridgehead atoms. The Labute approximate surface area is 307 Å². The predicted molar refractivity (Wildman–Crippen MR) is 187 cm³/mol. The average molecular weight is 741 g/mol. The van der Waals surface area contributed by atoms with Crippen molar-refractivity contribution in [3.05, 3.63) is 123 Å². The SMILES string of the molecule is CC(C)(C)c1[c-]c2c(cc1C(C)(C)C)-c1cc(C(C)(C)C)c(C(C)(C)C)cc1C2.Clc1ccc([CH]=[Zr+2])cc1.[Cl-].[Cl-].c1cc[cH-]c1. The zero-order valence-electron chi connectivity index (χ0n) is 29.3. The first-order chi connectivity index (χ1) is 19.7. The first-order valence-electron chi connectivity index (χ1n) is 15.4. The van der Waals surface area contributed by atoms with Crippen molar-refractivity contribution in [2.45, 2.75) is 111 Å². The number of halogens is 3. The molecule has 0 aliphatic heterocycles. The van der Waals surface area contributed by atoms with Gasteiger partial charge in [0.2, 0.25) is 0 Å². The third kappa shape index (κ3) is 11.1. The van der Waals surface area contributed by atoms with Gasteiger partial charge in [0.15, 0.2) is 0 Å². The summed E-state index contributed by atoms with van der Waals surface area (Å²) in [5, 5.41) is 0.802. The summed E-state index contributed by atoms with van der Waals surface area (Å²) in [6, 6.07) is 29.2. The van der Waals surface area contributed by atoms with Crippen molar-refractivity contribution >= 4 is 15.3 Å². The number of hydrogen-bond acceptors (Lipinski definition) is 0. The van der Waals surface area contributed by atoms with E-state index in [9.17, 15) is 0 Å². The fourth-order valence-electron chi connectivity index (χ4n) is 5.50. The van der Waals surface area contributed by atoms with E-state index in [1.54, 1.807) is 0 Å². The summed E-state index contributed by atoms with van der Waals surface area (Å²) in [6.07, 6.45) is 1.01. The van der Waals surface area contributed by atoms with Crippen molar-refractivity contribution in [1.29, 1.82) is 0 Å².